The Hall–Kier alpha value is 0.0200. The van der Waals surface area contributed by atoms with Crippen LogP contribution in [0.2, 0.25) is 0 Å². The average Bonchev–Trinajstić information content (AvgIpc) is 2.06. The lowest BCUT2D eigenvalue weighted by Gasteiger charge is -2.33. The molecule has 0 aliphatic carbocycles. The zero-order valence-electron chi connectivity index (χ0n) is 7.68. The van der Waals surface area contributed by atoms with Crippen molar-refractivity contribution in [1.82, 2.24) is 0 Å². The van der Waals surface area contributed by atoms with Gasteiger partial charge in [0.1, 0.15) is 0 Å². The summed E-state index contributed by atoms with van der Waals surface area (Å²) in [4.78, 5) is 0. The molecule has 0 aromatic rings. The van der Waals surface area contributed by atoms with Crippen LogP contribution in [0, 0.1) is 0 Å². The zero-order chi connectivity index (χ0) is 10.5. The number of rotatable bonds is 5. The van der Waals surface area contributed by atoms with Crippen LogP contribution in [-0.2, 0) is 12.5 Å². The van der Waals surface area contributed by atoms with Gasteiger partial charge in [-0.2, -0.15) is 13.2 Å². The lowest BCUT2D eigenvalue weighted by atomic mass is 10.5. The molecule has 0 saturated heterocycles. The Morgan fingerprint density at radius 3 is 1.62 bits per heavy atom. The molecule has 0 aromatic carbocycles. The first-order valence-electron chi connectivity index (χ1n) is 3.43. The maximum atomic E-state index is 11.8. The van der Waals surface area contributed by atoms with E-state index in [-0.39, 0.29) is 5.75 Å². The fourth-order valence-corrected chi connectivity index (χ4v) is 2.08. The summed E-state index contributed by atoms with van der Waals surface area (Å²) >= 11 is 0. The van der Waals surface area contributed by atoms with Gasteiger partial charge in [0.25, 0.3) is 0 Å². The summed E-state index contributed by atoms with van der Waals surface area (Å²) in [5.41, 5.74) is 0. The summed E-state index contributed by atoms with van der Waals surface area (Å²) in [6.45, 7) is 0. The van der Waals surface area contributed by atoms with Crippen molar-refractivity contribution in [1.29, 1.82) is 0 Å². The second-order valence-electron chi connectivity index (χ2n) is 2.13. The number of alkyl halides is 3. The molecule has 0 aliphatic heterocycles. The molecule has 7 heteroatoms. The van der Waals surface area contributed by atoms with Crippen molar-refractivity contribution in [2.24, 2.45) is 0 Å². The molecule has 0 spiro atoms. The van der Waals surface area contributed by atoms with Crippen LogP contribution in [0.1, 0.15) is 6.42 Å². The Morgan fingerprint density at radius 2 is 1.38 bits per heavy atom. The van der Waals surface area contributed by atoms with E-state index >= 15 is 0 Å². The molecule has 0 atom stereocenters. The quantitative estimate of drug-likeness (QED) is 0.715. The van der Waals surface area contributed by atoms with Gasteiger partial charge in [-0.1, -0.05) is 0 Å². The third-order valence-corrected chi connectivity index (χ3v) is 3.63. The minimum absolute atomic E-state index is 0.306. The summed E-state index contributed by atoms with van der Waals surface area (Å²) in [5.74, 6) is -0.306. The van der Waals surface area contributed by atoms with Crippen molar-refractivity contribution in [3.8, 4) is 0 Å². The molecule has 82 valence electrons. The van der Waals surface area contributed by atoms with Crippen LogP contribution in [0.3, 0.4) is 0 Å². The third-order valence-electron chi connectivity index (χ3n) is 1.40. The molecule has 0 saturated carbocycles. The summed E-state index contributed by atoms with van der Waals surface area (Å²) in [5, 5.41) is 0. The minimum Gasteiger partial charge on any atom is -0.296 e. The normalized spacial score (nSPS) is 14.6. The molecule has 0 unspecified atom stereocenters. The van der Waals surface area contributed by atoms with Crippen molar-refractivity contribution in [2.75, 3.05) is 27.1 Å². The van der Waals surface area contributed by atoms with Gasteiger partial charge in [0.2, 0.25) is 0 Å². The topological polar surface area (TPSA) is 27.7 Å². The summed E-state index contributed by atoms with van der Waals surface area (Å²) < 4.78 is 49.8. The maximum Gasteiger partial charge on any atom is 0.390 e. The van der Waals surface area contributed by atoms with Crippen molar-refractivity contribution < 1.29 is 25.7 Å². The van der Waals surface area contributed by atoms with Crippen LogP contribution in [0.25, 0.3) is 0 Å². The monoisotopic (exact) mass is 222 g/mol. The second kappa shape index (κ2) is 5.04. The Morgan fingerprint density at radius 1 is 1.00 bits per heavy atom. The fourth-order valence-electron chi connectivity index (χ4n) is 0.695. The highest BCUT2D eigenvalue weighted by Gasteiger charge is 2.33. The van der Waals surface area contributed by atoms with Crippen LogP contribution >= 0.6 is 10.9 Å². The average molecular weight is 222 g/mol. The van der Waals surface area contributed by atoms with Crippen molar-refractivity contribution >= 4 is 10.9 Å². The van der Waals surface area contributed by atoms with Gasteiger partial charge in [-0.25, -0.2) is 0 Å². The van der Waals surface area contributed by atoms with Crippen LogP contribution in [-0.4, -0.2) is 33.3 Å². The number of halogens is 3. The predicted molar refractivity (Wildman–Crippen MR) is 44.2 cm³/mol. The molecule has 0 rings (SSSR count). The first-order chi connectivity index (χ1) is 5.89. The summed E-state index contributed by atoms with van der Waals surface area (Å²) in [6, 6.07) is 0. The highest BCUT2D eigenvalue weighted by Crippen LogP contribution is 2.50. The van der Waals surface area contributed by atoms with Gasteiger partial charge >= 0.3 is 6.18 Å². The first-order valence-corrected chi connectivity index (χ1v) is 5.01. The van der Waals surface area contributed by atoms with E-state index in [1.807, 2.05) is 0 Å². The number of hydrogen-bond acceptors (Lipinski definition) is 3. The van der Waals surface area contributed by atoms with E-state index in [4.69, 9.17) is 12.5 Å². The molecule has 0 aromatic heterocycles. The van der Waals surface area contributed by atoms with Gasteiger partial charge in [-0.15, -0.1) is 0 Å². The molecule has 0 aliphatic rings. The molecule has 0 amide bonds. The van der Waals surface area contributed by atoms with E-state index in [1.54, 1.807) is 0 Å². The lowest BCUT2D eigenvalue weighted by Crippen LogP contribution is -2.17. The molecular weight excluding hydrogens is 209 g/mol. The second-order valence-corrected chi connectivity index (χ2v) is 4.65. The van der Waals surface area contributed by atoms with E-state index < -0.39 is 23.5 Å². The maximum absolute atomic E-state index is 11.8. The molecule has 0 bridgehead atoms. The minimum atomic E-state index is -4.21. The molecule has 0 heterocycles. The fraction of sp³-hybridized carbons (Fsp3) is 1.00. The van der Waals surface area contributed by atoms with E-state index in [0.717, 1.165) is 0 Å². The van der Waals surface area contributed by atoms with Crippen molar-refractivity contribution in [3.63, 3.8) is 0 Å². The van der Waals surface area contributed by atoms with E-state index in [0.29, 0.717) is 0 Å². The van der Waals surface area contributed by atoms with Crippen molar-refractivity contribution in [2.45, 2.75) is 12.6 Å². The van der Waals surface area contributed by atoms with Gasteiger partial charge in [0.15, 0.2) is 0 Å². The van der Waals surface area contributed by atoms with Crippen LogP contribution in [0.15, 0.2) is 0 Å². The van der Waals surface area contributed by atoms with Gasteiger partial charge in [-0.05, 0) is 0 Å². The van der Waals surface area contributed by atoms with E-state index in [2.05, 4.69) is 0 Å². The Labute approximate surface area is 77.1 Å². The Balaban J connectivity index is 4.11. The van der Waals surface area contributed by atoms with Crippen LogP contribution < -0.4 is 0 Å². The standard InChI is InChI=1S/C6H13F3O3S/c1-10-13(11-2,12-3)5-4-6(7,8)9/h4-5H2,1-3H3. The summed E-state index contributed by atoms with van der Waals surface area (Å²) in [7, 11) is 1.32. The van der Waals surface area contributed by atoms with Crippen molar-refractivity contribution in [3.05, 3.63) is 0 Å². The largest absolute Gasteiger partial charge is 0.390 e. The highest BCUT2D eigenvalue weighted by molar-refractivity contribution is 8.21. The number of hydrogen-bond donors (Lipinski definition) is 0. The molecule has 0 radical (unpaired) electrons. The molecule has 0 fully saturated rings. The van der Waals surface area contributed by atoms with Gasteiger partial charge in [-0.3, -0.25) is 12.5 Å². The Kier molecular flexibility index (Phi) is 5.05. The molecular formula is C6H13F3O3S. The van der Waals surface area contributed by atoms with E-state index in [9.17, 15) is 13.2 Å². The van der Waals surface area contributed by atoms with Crippen LogP contribution in [0.5, 0.6) is 0 Å². The molecule has 13 heavy (non-hydrogen) atoms. The molecule has 3 nitrogen and oxygen atoms in total. The predicted octanol–water partition coefficient (Wildman–Crippen LogP) is 2.43. The third kappa shape index (κ3) is 4.70. The summed E-state index contributed by atoms with van der Waals surface area (Å²) in [6.07, 6.45) is -5.19. The van der Waals surface area contributed by atoms with Crippen LogP contribution in [0.4, 0.5) is 13.2 Å². The van der Waals surface area contributed by atoms with Gasteiger partial charge < -0.3 is 0 Å². The smallest absolute Gasteiger partial charge is 0.296 e. The van der Waals surface area contributed by atoms with Gasteiger partial charge in [0.05, 0.1) is 44.4 Å². The molecule has 0 N–H and O–H groups in total. The first kappa shape index (κ1) is 13.0. The zero-order valence-corrected chi connectivity index (χ0v) is 8.50. The van der Waals surface area contributed by atoms with E-state index in [1.165, 1.54) is 21.3 Å². The highest BCUT2D eigenvalue weighted by atomic mass is 32.3. The Bertz CT molecular complexity index is 138. The SMILES string of the molecule is COS(CCC(F)(F)F)(OC)OC. The lowest BCUT2D eigenvalue weighted by molar-refractivity contribution is -0.130. The van der Waals surface area contributed by atoms with Gasteiger partial charge in [0, 0.05) is 0 Å².